The van der Waals surface area contributed by atoms with Crippen molar-refractivity contribution in [1.82, 2.24) is 4.98 Å². The molecule has 1 N–H and O–H groups in total. The molecule has 1 unspecified atom stereocenters. The number of fused-ring (bicyclic) bond motifs is 1. The van der Waals surface area contributed by atoms with Gasteiger partial charge in [-0.25, -0.2) is 0 Å². The molecule has 106 valence electrons. The summed E-state index contributed by atoms with van der Waals surface area (Å²) in [5.41, 5.74) is 1.49. The molecule has 0 amide bonds. The van der Waals surface area contributed by atoms with E-state index in [-0.39, 0.29) is 16.7 Å². The Bertz CT molecular complexity index is 616. The molecule has 2 aromatic rings. The molecular formula is C14H17N3O3. The maximum atomic E-state index is 11.0. The van der Waals surface area contributed by atoms with Crippen molar-refractivity contribution in [2.75, 3.05) is 19.0 Å². The van der Waals surface area contributed by atoms with E-state index in [2.05, 4.69) is 10.3 Å². The first-order chi connectivity index (χ1) is 9.63. The minimum Gasteiger partial charge on any atom is -0.385 e. The highest BCUT2D eigenvalue weighted by molar-refractivity contribution is 5.96. The van der Waals surface area contributed by atoms with Crippen molar-refractivity contribution < 1.29 is 9.66 Å². The van der Waals surface area contributed by atoms with Gasteiger partial charge in [-0.2, -0.15) is 0 Å². The summed E-state index contributed by atoms with van der Waals surface area (Å²) in [5, 5.41) is 14.9. The van der Waals surface area contributed by atoms with E-state index in [4.69, 9.17) is 4.74 Å². The molecule has 2 rings (SSSR count). The van der Waals surface area contributed by atoms with E-state index in [0.717, 1.165) is 12.1 Å². The molecule has 0 spiro atoms. The Balaban J connectivity index is 2.35. The number of nitrogens with zero attached hydrogens (tertiary/aromatic N) is 2. The van der Waals surface area contributed by atoms with Crippen LogP contribution in [0.4, 0.5) is 11.4 Å². The average molecular weight is 275 g/mol. The molecule has 0 saturated heterocycles. The number of nitro benzene ring substituents is 1. The molecule has 0 bridgehead atoms. The molecule has 6 nitrogen and oxygen atoms in total. The molecule has 1 aromatic heterocycles. The van der Waals surface area contributed by atoms with E-state index >= 15 is 0 Å². The smallest absolute Gasteiger partial charge is 0.278 e. The third-order valence-electron chi connectivity index (χ3n) is 3.10. The number of methoxy groups -OCH3 is 1. The van der Waals surface area contributed by atoms with E-state index in [9.17, 15) is 10.1 Å². The molecule has 1 atom stereocenters. The quantitative estimate of drug-likeness (QED) is 0.647. The minimum atomic E-state index is -0.387. The van der Waals surface area contributed by atoms with Crippen molar-refractivity contribution in [3.63, 3.8) is 0 Å². The SMILES string of the molecule is COCCC(C)Nc1ccc([N+](=O)[O-])c2cccnc12. The Kier molecular flexibility index (Phi) is 4.47. The van der Waals surface area contributed by atoms with Crippen molar-refractivity contribution in [2.24, 2.45) is 0 Å². The number of ether oxygens (including phenoxy) is 1. The number of nitro groups is 1. The van der Waals surface area contributed by atoms with Gasteiger partial charge in [0.25, 0.3) is 5.69 Å². The van der Waals surface area contributed by atoms with Crippen LogP contribution in [0.25, 0.3) is 10.9 Å². The molecule has 20 heavy (non-hydrogen) atoms. The van der Waals surface area contributed by atoms with Gasteiger partial charge >= 0.3 is 0 Å². The van der Waals surface area contributed by atoms with Crippen LogP contribution in [0.1, 0.15) is 13.3 Å². The highest BCUT2D eigenvalue weighted by Gasteiger charge is 2.15. The maximum Gasteiger partial charge on any atom is 0.278 e. The van der Waals surface area contributed by atoms with Crippen LogP contribution in [0.5, 0.6) is 0 Å². The van der Waals surface area contributed by atoms with Gasteiger partial charge in [0, 0.05) is 32.0 Å². The first-order valence-corrected chi connectivity index (χ1v) is 6.41. The Morgan fingerprint density at radius 3 is 2.95 bits per heavy atom. The van der Waals surface area contributed by atoms with Crippen LogP contribution in [-0.4, -0.2) is 29.7 Å². The van der Waals surface area contributed by atoms with Crippen LogP contribution in [0.2, 0.25) is 0 Å². The van der Waals surface area contributed by atoms with E-state index < -0.39 is 0 Å². The van der Waals surface area contributed by atoms with E-state index in [1.807, 2.05) is 6.92 Å². The molecule has 0 fully saturated rings. The first kappa shape index (κ1) is 14.2. The van der Waals surface area contributed by atoms with Crippen molar-refractivity contribution in [1.29, 1.82) is 0 Å². The average Bonchev–Trinajstić information content (AvgIpc) is 2.45. The summed E-state index contributed by atoms with van der Waals surface area (Å²) in [6.45, 7) is 2.70. The summed E-state index contributed by atoms with van der Waals surface area (Å²) in [4.78, 5) is 14.9. The molecule has 1 heterocycles. The van der Waals surface area contributed by atoms with Gasteiger partial charge in [-0.1, -0.05) is 0 Å². The number of aromatic nitrogens is 1. The zero-order chi connectivity index (χ0) is 14.5. The zero-order valence-corrected chi connectivity index (χ0v) is 11.5. The predicted molar refractivity (Wildman–Crippen MR) is 78.0 cm³/mol. The summed E-state index contributed by atoms with van der Waals surface area (Å²) in [5.74, 6) is 0. The summed E-state index contributed by atoms with van der Waals surface area (Å²) in [7, 11) is 1.66. The standard InChI is InChI=1S/C14H17N3O3/c1-10(7-9-20-2)16-12-5-6-13(17(18)19)11-4-3-8-15-14(11)12/h3-6,8,10,16H,7,9H2,1-2H3. The molecule has 0 radical (unpaired) electrons. The second kappa shape index (κ2) is 6.29. The van der Waals surface area contributed by atoms with E-state index in [0.29, 0.717) is 17.5 Å². The lowest BCUT2D eigenvalue weighted by molar-refractivity contribution is -0.383. The van der Waals surface area contributed by atoms with Gasteiger partial charge in [0.2, 0.25) is 0 Å². The Morgan fingerprint density at radius 2 is 2.25 bits per heavy atom. The van der Waals surface area contributed by atoms with Gasteiger partial charge < -0.3 is 10.1 Å². The lowest BCUT2D eigenvalue weighted by Gasteiger charge is -2.16. The summed E-state index contributed by atoms with van der Waals surface area (Å²) >= 11 is 0. The number of non-ortho nitro benzene ring substituents is 1. The summed E-state index contributed by atoms with van der Waals surface area (Å²) in [6, 6.07) is 6.83. The van der Waals surface area contributed by atoms with Crippen LogP contribution >= 0.6 is 0 Å². The van der Waals surface area contributed by atoms with Gasteiger partial charge in [0.1, 0.15) is 5.52 Å². The van der Waals surface area contributed by atoms with Crippen molar-refractivity contribution in [3.05, 3.63) is 40.6 Å². The number of hydrogen-bond donors (Lipinski definition) is 1. The lowest BCUT2D eigenvalue weighted by Crippen LogP contribution is -2.17. The topological polar surface area (TPSA) is 77.3 Å². The van der Waals surface area contributed by atoms with Crippen LogP contribution in [0.15, 0.2) is 30.5 Å². The Hall–Kier alpha value is -2.21. The molecule has 6 heteroatoms. The second-order valence-corrected chi connectivity index (χ2v) is 4.62. The molecule has 0 saturated carbocycles. The van der Waals surface area contributed by atoms with E-state index in [1.54, 1.807) is 31.5 Å². The second-order valence-electron chi connectivity index (χ2n) is 4.62. The fraction of sp³-hybridized carbons (Fsp3) is 0.357. The van der Waals surface area contributed by atoms with Crippen LogP contribution in [0, 0.1) is 10.1 Å². The fourth-order valence-electron chi connectivity index (χ4n) is 2.07. The summed E-state index contributed by atoms with van der Waals surface area (Å²) in [6.07, 6.45) is 2.48. The molecule has 0 aliphatic rings. The highest BCUT2D eigenvalue weighted by atomic mass is 16.6. The van der Waals surface area contributed by atoms with Crippen LogP contribution < -0.4 is 5.32 Å². The van der Waals surface area contributed by atoms with Crippen molar-refractivity contribution in [2.45, 2.75) is 19.4 Å². The normalized spacial score (nSPS) is 12.3. The number of hydrogen-bond acceptors (Lipinski definition) is 5. The predicted octanol–water partition coefficient (Wildman–Crippen LogP) is 2.98. The Morgan fingerprint density at radius 1 is 1.45 bits per heavy atom. The van der Waals surface area contributed by atoms with Gasteiger partial charge in [-0.3, -0.25) is 15.1 Å². The van der Waals surface area contributed by atoms with Crippen LogP contribution in [-0.2, 0) is 4.74 Å². The number of benzene rings is 1. The zero-order valence-electron chi connectivity index (χ0n) is 11.5. The number of rotatable bonds is 6. The minimum absolute atomic E-state index is 0.0724. The van der Waals surface area contributed by atoms with Gasteiger partial charge in [-0.15, -0.1) is 0 Å². The fourth-order valence-corrected chi connectivity index (χ4v) is 2.07. The number of nitrogens with one attached hydrogen (secondary N) is 1. The largest absolute Gasteiger partial charge is 0.385 e. The van der Waals surface area contributed by atoms with Crippen molar-refractivity contribution >= 4 is 22.3 Å². The lowest BCUT2D eigenvalue weighted by atomic mass is 10.1. The number of pyridine rings is 1. The van der Waals surface area contributed by atoms with E-state index in [1.165, 1.54) is 6.07 Å². The van der Waals surface area contributed by atoms with Crippen molar-refractivity contribution in [3.8, 4) is 0 Å². The Labute approximate surface area is 116 Å². The molecular weight excluding hydrogens is 258 g/mol. The monoisotopic (exact) mass is 275 g/mol. The number of anilines is 1. The van der Waals surface area contributed by atoms with Gasteiger partial charge in [-0.05, 0) is 31.5 Å². The highest BCUT2D eigenvalue weighted by Crippen LogP contribution is 2.30. The molecule has 0 aliphatic carbocycles. The third kappa shape index (κ3) is 3.03. The molecule has 1 aromatic carbocycles. The summed E-state index contributed by atoms with van der Waals surface area (Å²) < 4.78 is 5.04. The maximum absolute atomic E-state index is 11.0. The first-order valence-electron chi connectivity index (χ1n) is 6.41. The van der Waals surface area contributed by atoms with Gasteiger partial charge in [0.05, 0.1) is 16.0 Å². The van der Waals surface area contributed by atoms with Crippen LogP contribution in [0.3, 0.4) is 0 Å². The van der Waals surface area contributed by atoms with Gasteiger partial charge in [0.15, 0.2) is 0 Å². The molecule has 0 aliphatic heterocycles. The third-order valence-corrected chi connectivity index (χ3v) is 3.10.